The second-order valence-electron chi connectivity index (χ2n) is 7.92. The van der Waals surface area contributed by atoms with Crippen molar-refractivity contribution in [3.05, 3.63) is 24.2 Å². The Kier molecular flexibility index (Phi) is 8.64. The molecule has 0 spiro atoms. The first-order valence-corrected chi connectivity index (χ1v) is 10.7. The molecule has 2 aliphatic rings. The van der Waals surface area contributed by atoms with Crippen LogP contribution < -0.4 is 10.6 Å². The molecule has 0 radical (unpaired) electrons. The number of nitrogens with zero attached hydrogens (tertiary/aromatic N) is 2. The van der Waals surface area contributed by atoms with Crippen molar-refractivity contribution in [2.45, 2.75) is 45.3 Å². The van der Waals surface area contributed by atoms with Gasteiger partial charge in [0.05, 0.1) is 32.1 Å². The fourth-order valence-corrected chi connectivity index (χ4v) is 3.79. The van der Waals surface area contributed by atoms with Gasteiger partial charge < -0.3 is 24.5 Å². The van der Waals surface area contributed by atoms with E-state index >= 15 is 0 Å². The molecule has 2 aliphatic heterocycles. The van der Waals surface area contributed by atoms with Gasteiger partial charge in [0.15, 0.2) is 5.96 Å². The lowest BCUT2D eigenvalue weighted by Gasteiger charge is -2.36. The molecule has 1 aromatic rings. The molecule has 0 amide bonds. The summed E-state index contributed by atoms with van der Waals surface area (Å²) >= 11 is 0. The van der Waals surface area contributed by atoms with Crippen molar-refractivity contribution in [1.29, 1.82) is 0 Å². The lowest BCUT2D eigenvalue weighted by molar-refractivity contribution is 0.00866. The zero-order chi connectivity index (χ0) is 19.6. The molecule has 3 rings (SSSR count). The van der Waals surface area contributed by atoms with E-state index in [-0.39, 0.29) is 6.10 Å². The molecule has 0 bridgehead atoms. The van der Waals surface area contributed by atoms with Gasteiger partial charge in [0.25, 0.3) is 0 Å². The van der Waals surface area contributed by atoms with Crippen LogP contribution in [0.1, 0.15) is 32.4 Å². The summed E-state index contributed by atoms with van der Waals surface area (Å²) < 4.78 is 16.7. The van der Waals surface area contributed by atoms with E-state index in [0.29, 0.717) is 12.0 Å². The van der Waals surface area contributed by atoms with E-state index in [2.05, 4.69) is 29.4 Å². The maximum atomic E-state index is 5.74. The number of hydrogen-bond donors (Lipinski definition) is 2. The number of hydrogen-bond acceptors (Lipinski definition) is 5. The molecule has 1 aromatic heterocycles. The second-order valence-corrected chi connectivity index (χ2v) is 7.92. The molecule has 7 nitrogen and oxygen atoms in total. The third-order valence-electron chi connectivity index (χ3n) is 5.49. The molecular weight excluding hydrogens is 356 g/mol. The normalized spacial score (nSPS) is 22.5. The van der Waals surface area contributed by atoms with Gasteiger partial charge in [-0.25, -0.2) is 0 Å². The first-order chi connectivity index (χ1) is 13.7. The molecule has 2 unspecified atom stereocenters. The first kappa shape index (κ1) is 21.1. The van der Waals surface area contributed by atoms with E-state index in [9.17, 15) is 0 Å². The van der Waals surface area contributed by atoms with E-state index in [4.69, 9.17) is 18.9 Å². The number of aliphatic imine (C=N–C) groups is 1. The topological polar surface area (TPSA) is 71.3 Å². The monoisotopic (exact) mass is 392 g/mol. The van der Waals surface area contributed by atoms with E-state index in [1.807, 2.05) is 12.1 Å². The highest BCUT2D eigenvalue weighted by Gasteiger charge is 2.24. The van der Waals surface area contributed by atoms with Crippen molar-refractivity contribution in [1.82, 2.24) is 15.5 Å². The van der Waals surface area contributed by atoms with Gasteiger partial charge in [0.1, 0.15) is 5.76 Å². The van der Waals surface area contributed by atoms with Gasteiger partial charge in [-0.2, -0.15) is 0 Å². The molecule has 0 aliphatic carbocycles. The number of morpholine rings is 1. The molecule has 2 fully saturated rings. The molecule has 2 saturated heterocycles. The summed E-state index contributed by atoms with van der Waals surface area (Å²) in [7, 11) is 0. The zero-order valence-corrected chi connectivity index (χ0v) is 17.4. The third kappa shape index (κ3) is 6.79. The predicted molar refractivity (Wildman–Crippen MR) is 111 cm³/mol. The SMILES string of the molecule is CC(C)C(CN=C(NCCc1ccco1)NCC1CCCO1)N1CCOCC1. The van der Waals surface area contributed by atoms with Crippen molar-refractivity contribution in [3.63, 3.8) is 0 Å². The Bertz CT molecular complexity index is 564. The van der Waals surface area contributed by atoms with Crippen molar-refractivity contribution in [3.8, 4) is 0 Å². The average Bonchev–Trinajstić information content (AvgIpc) is 3.40. The Morgan fingerprint density at radius 1 is 1.25 bits per heavy atom. The molecule has 2 atom stereocenters. The molecule has 7 heteroatoms. The quantitative estimate of drug-likeness (QED) is 0.494. The van der Waals surface area contributed by atoms with Crippen LogP contribution in [-0.2, 0) is 15.9 Å². The largest absolute Gasteiger partial charge is 0.469 e. The summed E-state index contributed by atoms with van der Waals surface area (Å²) in [5.74, 6) is 2.39. The fourth-order valence-electron chi connectivity index (χ4n) is 3.79. The lowest BCUT2D eigenvalue weighted by atomic mass is 10.0. The van der Waals surface area contributed by atoms with Crippen LogP contribution in [-0.4, -0.2) is 75.5 Å². The van der Waals surface area contributed by atoms with Crippen molar-refractivity contribution in [2.24, 2.45) is 10.9 Å². The second kappa shape index (κ2) is 11.4. The Morgan fingerprint density at radius 3 is 2.79 bits per heavy atom. The molecular formula is C21H36N4O3. The smallest absolute Gasteiger partial charge is 0.191 e. The summed E-state index contributed by atoms with van der Waals surface area (Å²) in [6, 6.07) is 4.36. The van der Waals surface area contributed by atoms with Gasteiger partial charge in [-0.3, -0.25) is 9.89 Å². The fraction of sp³-hybridized carbons (Fsp3) is 0.762. The summed E-state index contributed by atoms with van der Waals surface area (Å²) in [4.78, 5) is 7.44. The van der Waals surface area contributed by atoms with Crippen LogP contribution in [0.4, 0.5) is 0 Å². The highest BCUT2D eigenvalue weighted by atomic mass is 16.5. The number of ether oxygens (including phenoxy) is 2. The molecule has 0 saturated carbocycles. The van der Waals surface area contributed by atoms with Crippen LogP contribution in [0.5, 0.6) is 0 Å². The molecule has 28 heavy (non-hydrogen) atoms. The van der Waals surface area contributed by atoms with Crippen molar-refractivity contribution in [2.75, 3.05) is 52.5 Å². The van der Waals surface area contributed by atoms with E-state index in [0.717, 1.165) is 83.5 Å². The maximum absolute atomic E-state index is 5.74. The van der Waals surface area contributed by atoms with Gasteiger partial charge in [-0.05, 0) is 30.9 Å². The minimum Gasteiger partial charge on any atom is -0.469 e. The van der Waals surface area contributed by atoms with Crippen LogP contribution >= 0.6 is 0 Å². The molecule has 158 valence electrons. The third-order valence-corrected chi connectivity index (χ3v) is 5.49. The zero-order valence-electron chi connectivity index (χ0n) is 17.4. The Balaban J connectivity index is 1.55. The van der Waals surface area contributed by atoms with Gasteiger partial charge in [0, 0.05) is 45.2 Å². The molecule has 2 N–H and O–H groups in total. The Hall–Kier alpha value is -1.57. The summed E-state index contributed by atoms with van der Waals surface area (Å²) in [5, 5.41) is 6.94. The molecule has 3 heterocycles. The highest BCUT2D eigenvalue weighted by molar-refractivity contribution is 5.79. The van der Waals surface area contributed by atoms with Crippen LogP contribution in [0, 0.1) is 5.92 Å². The van der Waals surface area contributed by atoms with Crippen molar-refractivity contribution < 1.29 is 13.9 Å². The average molecular weight is 393 g/mol. The number of furan rings is 1. The van der Waals surface area contributed by atoms with Crippen LogP contribution in [0.25, 0.3) is 0 Å². The van der Waals surface area contributed by atoms with E-state index < -0.39 is 0 Å². The maximum Gasteiger partial charge on any atom is 0.191 e. The number of rotatable bonds is 9. The Labute approximate surface area is 168 Å². The predicted octanol–water partition coefficient (Wildman–Crippen LogP) is 1.89. The standard InChI is InChI=1S/C21H36N4O3/c1-17(2)20(25-9-13-26-14-10-25)16-24-21(23-15-19-6-4-12-28-19)22-8-7-18-5-3-11-27-18/h3,5,11,17,19-20H,4,6-10,12-16H2,1-2H3,(H2,22,23,24). The van der Waals surface area contributed by atoms with E-state index in [1.165, 1.54) is 0 Å². The highest BCUT2D eigenvalue weighted by Crippen LogP contribution is 2.14. The Morgan fingerprint density at radius 2 is 2.11 bits per heavy atom. The minimum absolute atomic E-state index is 0.289. The molecule has 0 aromatic carbocycles. The summed E-state index contributed by atoms with van der Waals surface area (Å²) in [6.07, 6.45) is 5.12. The van der Waals surface area contributed by atoms with Crippen LogP contribution in [0.3, 0.4) is 0 Å². The van der Waals surface area contributed by atoms with Gasteiger partial charge in [0.2, 0.25) is 0 Å². The summed E-state index contributed by atoms with van der Waals surface area (Å²) in [5.41, 5.74) is 0. The van der Waals surface area contributed by atoms with Gasteiger partial charge >= 0.3 is 0 Å². The van der Waals surface area contributed by atoms with Gasteiger partial charge in [-0.1, -0.05) is 13.8 Å². The summed E-state index contributed by atoms with van der Waals surface area (Å²) in [6.45, 7) is 11.4. The minimum atomic E-state index is 0.289. The van der Waals surface area contributed by atoms with Gasteiger partial charge in [-0.15, -0.1) is 0 Å². The van der Waals surface area contributed by atoms with E-state index in [1.54, 1.807) is 6.26 Å². The number of guanidine groups is 1. The first-order valence-electron chi connectivity index (χ1n) is 10.7. The van der Waals surface area contributed by atoms with Crippen molar-refractivity contribution >= 4 is 5.96 Å². The number of nitrogens with one attached hydrogen (secondary N) is 2. The van der Waals surface area contributed by atoms with Crippen LogP contribution in [0.15, 0.2) is 27.8 Å². The van der Waals surface area contributed by atoms with Crippen LogP contribution in [0.2, 0.25) is 0 Å². The lowest BCUT2D eigenvalue weighted by Crippen LogP contribution is -2.48.